The Morgan fingerprint density at radius 1 is 0.806 bits per heavy atom. The number of carbonyl (C=O) groups excluding carboxylic acids is 1. The van der Waals surface area contributed by atoms with Crippen LogP contribution in [0, 0.1) is 0 Å². The largest absolute Gasteiger partial charge is 0.463 e. The second kappa shape index (κ2) is 20.4. The van der Waals surface area contributed by atoms with Crippen molar-refractivity contribution < 1.29 is 14.6 Å². The van der Waals surface area contributed by atoms with Crippen molar-refractivity contribution in [3.05, 3.63) is 30.3 Å². The Labute approximate surface area is 191 Å². The van der Waals surface area contributed by atoms with Crippen LogP contribution >= 0.6 is 0 Å². The lowest BCUT2D eigenvalue weighted by Gasteiger charge is -2.13. The quantitative estimate of drug-likeness (QED) is 0.158. The minimum atomic E-state index is -0.690. The first-order chi connectivity index (χ1) is 15.2. The fraction of sp³-hybridized carbons (Fsp3) is 0.741. The maximum Gasteiger partial charge on any atom is 0.305 e. The zero-order valence-corrected chi connectivity index (χ0v) is 20.0. The highest BCUT2D eigenvalue weighted by atomic mass is 16.5. The standard InChI is InChI=1S/C27H47NO3/c1-2-3-4-5-6-7-8-9-10-11-12-13-14-15-19-22-27(30)31-24-26(29)23-28-25-20-17-16-18-21-25/h16-18,20-21,26,28-29H,2-15,19,22-24H2,1H3. The number of hydrogen-bond donors (Lipinski definition) is 2. The van der Waals surface area contributed by atoms with Crippen molar-refractivity contribution in [3.8, 4) is 0 Å². The lowest BCUT2D eigenvalue weighted by Crippen LogP contribution is -2.26. The topological polar surface area (TPSA) is 58.6 Å². The zero-order chi connectivity index (χ0) is 22.4. The van der Waals surface area contributed by atoms with E-state index in [0.717, 1.165) is 18.5 Å². The molecule has 1 aromatic carbocycles. The summed E-state index contributed by atoms with van der Waals surface area (Å²) < 4.78 is 5.18. The van der Waals surface area contributed by atoms with Crippen LogP contribution in [0.15, 0.2) is 30.3 Å². The number of rotatable bonds is 21. The summed E-state index contributed by atoms with van der Waals surface area (Å²) in [6.45, 7) is 2.70. The monoisotopic (exact) mass is 433 g/mol. The maximum atomic E-state index is 11.8. The summed E-state index contributed by atoms with van der Waals surface area (Å²) in [5.74, 6) is -0.201. The third-order valence-corrected chi connectivity index (χ3v) is 5.74. The fourth-order valence-corrected chi connectivity index (χ4v) is 3.75. The van der Waals surface area contributed by atoms with Crippen LogP contribution in [0.2, 0.25) is 0 Å². The molecule has 0 bridgehead atoms. The van der Waals surface area contributed by atoms with Crippen molar-refractivity contribution in [3.63, 3.8) is 0 Å². The summed E-state index contributed by atoms with van der Waals surface area (Å²) in [4.78, 5) is 11.8. The molecule has 0 aromatic heterocycles. The molecule has 1 rings (SSSR count). The van der Waals surface area contributed by atoms with Crippen LogP contribution < -0.4 is 5.32 Å². The minimum absolute atomic E-state index is 0.0530. The zero-order valence-electron chi connectivity index (χ0n) is 20.0. The van der Waals surface area contributed by atoms with E-state index in [-0.39, 0.29) is 12.6 Å². The average molecular weight is 434 g/mol. The van der Waals surface area contributed by atoms with E-state index < -0.39 is 6.10 Å². The van der Waals surface area contributed by atoms with Crippen molar-refractivity contribution in [2.45, 2.75) is 116 Å². The highest BCUT2D eigenvalue weighted by Gasteiger charge is 2.08. The van der Waals surface area contributed by atoms with Gasteiger partial charge in [0, 0.05) is 18.7 Å². The van der Waals surface area contributed by atoms with Gasteiger partial charge in [0.25, 0.3) is 0 Å². The number of ether oxygens (including phenoxy) is 1. The number of para-hydroxylation sites is 1. The minimum Gasteiger partial charge on any atom is -0.463 e. The first-order valence-electron chi connectivity index (χ1n) is 12.8. The molecule has 0 saturated heterocycles. The molecular formula is C27H47NO3. The van der Waals surface area contributed by atoms with E-state index >= 15 is 0 Å². The molecule has 2 N–H and O–H groups in total. The first kappa shape index (κ1) is 27.5. The van der Waals surface area contributed by atoms with E-state index in [1.807, 2.05) is 30.3 Å². The van der Waals surface area contributed by atoms with Crippen molar-refractivity contribution in [1.29, 1.82) is 0 Å². The molecular weight excluding hydrogens is 386 g/mol. The van der Waals surface area contributed by atoms with Gasteiger partial charge in [-0.15, -0.1) is 0 Å². The van der Waals surface area contributed by atoms with Gasteiger partial charge in [0.1, 0.15) is 12.7 Å². The molecule has 0 spiro atoms. The first-order valence-corrected chi connectivity index (χ1v) is 12.8. The summed E-state index contributed by atoms with van der Waals surface area (Å²) in [5.41, 5.74) is 0.950. The summed E-state index contributed by atoms with van der Waals surface area (Å²) in [5, 5.41) is 13.1. The second-order valence-corrected chi connectivity index (χ2v) is 8.78. The Balaban J connectivity index is 1.81. The molecule has 0 fully saturated rings. The van der Waals surface area contributed by atoms with Gasteiger partial charge in [-0.2, -0.15) is 0 Å². The molecule has 1 atom stereocenters. The lowest BCUT2D eigenvalue weighted by molar-refractivity contribution is -0.146. The number of aliphatic hydroxyl groups is 1. The molecule has 0 amide bonds. The van der Waals surface area contributed by atoms with Crippen LogP contribution in [0.1, 0.15) is 110 Å². The highest BCUT2D eigenvalue weighted by molar-refractivity contribution is 5.69. The normalized spacial score (nSPS) is 11.9. The van der Waals surface area contributed by atoms with Gasteiger partial charge >= 0.3 is 5.97 Å². The predicted molar refractivity (Wildman–Crippen MR) is 131 cm³/mol. The number of aliphatic hydroxyl groups excluding tert-OH is 1. The molecule has 178 valence electrons. The number of anilines is 1. The molecule has 0 saturated carbocycles. The number of esters is 1. The molecule has 0 aliphatic heterocycles. The van der Waals surface area contributed by atoms with Gasteiger partial charge in [-0.25, -0.2) is 0 Å². The molecule has 0 aliphatic carbocycles. The van der Waals surface area contributed by atoms with E-state index in [2.05, 4.69) is 12.2 Å². The molecule has 0 radical (unpaired) electrons. The Morgan fingerprint density at radius 2 is 1.29 bits per heavy atom. The van der Waals surface area contributed by atoms with Crippen LogP contribution in [-0.4, -0.2) is 30.3 Å². The van der Waals surface area contributed by atoms with Crippen LogP contribution in [-0.2, 0) is 9.53 Å². The predicted octanol–water partition coefficient (Wildman–Crippen LogP) is 7.26. The number of hydrogen-bond acceptors (Lipinski definition) is 4. The maximum absolute atomic E-state index is 11.8. The van der Waals surface area contributed by atoms with Crippen LogP contribution in [0.25, 0.3) is 0 Å². The molecule has 0 heterocycles. The van der Waals surface area contributed by atoms with E-state index in [9.17, 15) is 9.90 Å². The number of unbranched alkanes of at least 4 members (excludes halogenated alkanes) is 14. The van der Waals surface area contributed by atoms with Gasteiger partial charge < -0.3 is 15.2 Å². The molecule has 4 nitrogen and oxygen atoms in total. The molecule has 1 unspecified atom stereocenters. The third kappa shape index (κ3) is 17.8. The van der Waals surface area contributed by atoms with E-state index in [4.69, 9.17) is 4.74 Å². The highest BCUT2D eigenvalue weighted by Crippen LogP contribution is 2.14. The van der Waals surface area contributed by atoms with Gasteiger partial charge in [0.15, 0.2) is 0 Å². The fourth-order valence-electron chi connectivity index (χ4n) is 3.75. The average Bonchev–Trinajstić information content (AvgIpc) is 2.79. The second-order valence-electron chi connectivity index (χ2n) is 8.78. The molecule has 31 heavy (non-hydrogen) atoms. The van der Waals surface area contributed by atoms with Gasteiger partial charge in [-0.05, 0) is 18.6 Å². The SMILES string of the molecule is CCCCCCCCCCCCCCCCCC(=O)OCC(O)CNc1ccccc1. The van der Waals surface area contributed by atoms with Crippen LogP contribution in [0.3, 0.4) is 0 Å². The van der Waals surface area contributed by atoms with Crippen LogP contribution in [0.4, 0.5) is 5.69 Å². The van der Waals surface area contributed by atoms with Gasteiger partial charge in [0.2, 0.25) is 0 Å². The summed E-state index contributed by atoms with van der Waals surface area (Å²) in [7, 11) is 0. The Kier molecular flexibility index (Phi) is 18.0. The molecule has 0 aliphatic rings. The van der Waals surface area contributed by atoms with Gasteiger partial charge in [-0.1, -0.05) is 115 Å². The van der Waals surface area contributed by atoms with Crippen molar-refractivity contribution >= 4 is 11.7 Å². The number of benzene rings is 1. The number of nitrogens with one attached hydrogen (secondary N) is 1. The van der Waals surface area contributed by atoms with Crippen molar-refractivity contribution in [2.75, 3.05) is 18.5 Å². The Hall–Kier alpha value is -1.55. The van der Waals surface area contributed by atoms with Crippen molar-refractivity contribution in [1.82, 2.24) is 0 Å². The summed E-state index contributed by atoms with van der Waals surface area (Å²) in [6.07, 6.45) is 19.5. The summed E-state index contributed by atoms with van der Waals surface area (Å²) >= 11 is 0. The Morgan fingerprint density at radius 3 is 1.81 bits per heavy atom. The smallest absolute Gasteiger partial charge is 0.305 e. The van der Waals surface area contributed by atoms with E-state index in [1.165, 1.54) is 83.5 Å². The number of carbonyl (C=O) groups is 1. The van der Waals surface area contributed by atoms with Gasteiger partial charge in [-0.3, -0.25) is 4.79 Å². The molecule has 1 aromatic rings. The van der Waals surface area contributed by atoms with E-state index in [0.29, 0.717) is 13.0 Å². The van der Waals surface area contributed by atoms with Gasteiger partial charge in [0.05, 0.1) is 0 Å². The van der Waals surface area contributed by atoms with Crippen molar-refractivity contribution in [2.24, 2.45) is 0 Å². The Bertz CT molecular complexity index is 520. The summed E-state index contributed by atoms with van der Waals surface area (Å²) in [6, 6.07) is 9.70. The van der Waals surface area contributed by atoms with Crippen LogP contribution in [0.5, 0.6) is 0 Å². The van der Waals surface area contributed by atoms with E-state index in [1.54, 1.807) is 0 Å². The lowest BCUT2D eigenvalue weighted by atomic mass is 10.0. The third-order valence-electron chi connectivity index (χ3n) is 5.74. The molecule has 4 heteroatoms.